The van der Waals surface area contributed by atoms with Gasteiger partial charge in [0.25, 0.3) is 0 Å². The Bertz CT molecular complexity index is 759. The molecule has 0 atom stereocenters. The Morgan fingerprint density at radius 1 is 0.857 bits per heavy atom. The van der Waals surface area contributed by atoms with Crippen LogP contribution in [0, 0.1) is 0 Å². The van der Waals surface area contributed by atoms with Crippen molar-refractivity contribution < 1.29 is 9.47 Å². The van der Waals surface area contributed by atoms with Gasteiger partial charge in [-0.1, -0.05) is 6.08 Å². The molecule has 0 saturated carbocycles. The van der Waals surface area contributed by atoms with E-state index >= 15 is 0 Å². The Balaban J connectivity index is 1.42. The molecule has 6 heteroatoms. The maximum absolute atomic E-state index is 5.56. The van der Waals surface area contributed by atoms with E-state index < -0.39 is 0 Å². The van der Waals surface area contributed by atoms with Gasteiger partial charge in [-0.05, 0) is 49.8 Å². The van der Waals surface area contributed by atoms with Crippen LogP contribution in [0.2, 0.25) is 0 Å². The zero-order valence-electron chi connectivity index (χ0n) is 16.4. The molecule has 1 aromatic rings. The number of aliphatic imine (C=N–C) groups is 1. The molecule has 2 aliphatic heterocycles. The van der Waals surface area contributed by atoms with Crippen LogP contribution < -0.4 is 4.90 Å². The fourth-order valence-corrected chi connectivity index (χ4v) is 4.11. The molecule has 5 nitrogen and oxygen atoms in total. The van der Waals surface area contributed by atoms with Crippen molar-refractivity contribution in [2.24, 2.45) is 4.99 Å². The molecule has 1 aliphatic carbocycles. The highest BCUT2D eigenvalue weighted by Crippen LogP contribution is 2.27. The van der Waals surface area contributed by atoms with Gasteiger partial charge in [0.1, 0.15) is 5.69 Å². The first kappa shape index (κ1) is 19.6. The average Bonchev–Trinajstić information content (AvgIpc) is 3.15. The SMILES string of the molecule is [SH2+]c1cc(N2CCCOCC2)ccc1N=C1C=CC(N2CCCOCC2)=CC1. The standard InChI is InChI=1S/C22H29N3O2S/c28-22-17-20(25-10-2-14-27-16-12-25)7-8-21(22)23-18-3-5-19(6-4-18)24-9-1-13-26-15-11-24/h3,5-8,17,28H,1-2,4,9-16H2/p+1. The van der Waals surface area contributed by atoms with Gasteiger partial charge in [0, 0.05) is 69.0 Å². The second-order valence-corrected chi connectivity index (χ2v) is 7.92. The lowest BCUT2D eigenvalue weighted by Gasteiger charge is -2.24. The van der Waals surface area contributed by atoms with Gasteiger partial charge < -0.3 is 19.3 Å². The number of hydrogen-bond acceptors (Lipinski definition) is 5. The van der Waals surface area contributed by atoms with E-state index in [-0.39, 0.29) is 0 Å². The monoisotopic (exact) mass is 400 g/mol. The number of ether oxygens (including phenoxy) is 2. The van der Waals surface area contributed by atoms with Gasteiger partial charge in [-0.15, -0.1) is 0 Å². The molecule has 0 aromatic heterocycles. The number of allylic oxidation sites excluding steroid dienone is 3. The molecule has 2 heterocycles. The third-order valence-corrected chi connectivity index (χ3v) is 5.79. The summed E-state index contributed by atoms with van der Waals surface area (Å²) in [5, 5.41) is 0. The Hall–Kier alpha value is -1.76. The summed E-state index contributed by atoms with van der Waals surface area (Å²) in [4.78, 5) is 10.7. The summed E-state index contributed by atoms with van der Waals surface area (Å²) in [5.41, 5.74) is 4.59. The zero-order chi connectivity index (χ0) is 19.2. The van der Waals surface area contributed by atoms with E-state index in [1.54, 1.807) is 0 Å². The number of benzene rings is 1. The van der Waals surface area contributed by atoms with E-state index in [4.69, 9.17) is 14.5 Å². The van der Waals surface area contributed by atoms with Crippen LogP contribution in [-0.2, 0) is 22.1 Å². The first-order valence-electron chi connectivity index (χ1n) is 10.3. The van der Waals surface area contributed by atoms with Crippen molar-refractivity contribution >= 4 is 29.7 Å². The molecule has 4 rings (SSSR count). The normalized spacial score (nSPS) is 22.8. The highest BCUT2D eigenvalue weighted by Gasteiger charge is 2.15. The van der Waals surface area contributed by atoms with Crippen LogP contribution >= 0.6 is 0 Å². The van der Waals surface area contributed by atoms with Crippen molar-refractivity contribution in [2.75, 3.05) is 57.5 Å². The van der Waals surface area contributed by atoms with Crippen molar-refractivity contribution in [3.05, 3.63) is 42.1 Å². The predicted octanol–water partition coefficient (Wildman–Crippen LogP) is 2.92. The van der Waals surface area contributed by atoms with E-state index in [0.717, 1.165) is 88.2 Å². The molecule has 0 spiro atoms. The summed E-state index contributed by atoms with van der Waals surface area (Å²) in [6.45, 7) is 7.35. The molecule has 2 saturated heterocycles. The molecule has 1 aromatic carbocycles. The highest BCUT2D eigenvalue weighted by molar-refractivity contribution is 7.59. The van der Waals surface area contributed by atoms with Crippen molar-refractivity contribution in [2.45, 2.75) is 24.2 Å². The topological polar surface area (TPSA) is 37.3 Å². The first-order valence-corrected chi connectivity index (χ1v) is 10.8. The minimum absolute atomic E-state index is 0.795. The van der Waals surface area contributed by atoms with E-state index in [2.05, 4.69) is 58.9 Å². The Morgan fingerprint density at radius 2 is 1.61 bits per heavy atom. The van der Waals surface area contributed by atoms with E-state index in [0.29, 0.717) is 0 Å². The van der Waals surface area contributed by atoms with E-state index in [1.807, 2.05) is 0 Å². The summed E-state index contributed by atoms with van der Waals surface area (Å²) in [7, 11) is 0. The maximum Gasteiger partial charge on any atom is 0.178 e. The predicted molar refractivity (Wildman–Crippen MR) is 118 cm³/mol. The van der Waals surface area contributed by atoms with Crippen LogP contribution in [0.5, 0.6) is 0 Å². The number of anilines is 1. The minimum Gasteiger partial charge on any atom is -0.380 e. The lowest BCUT2D eigenvalue weighted by molar-refractivity contribution is 0.145. The van der Waals surface area contributed by atoms with Gasteiger partial charge in [-0.25, -0.2) is 4.99 Å². The fraction of sp³-hybridized carbons (Fsp3) is 0.500. The third-order valence-electron chi connectivity index (χ3n) is 5.39. The Kier molecular flexibility index (Phi) is 6.73. The summed E-state index contributed by atoms with van der Waals surface area (Å²) in [6, 6.07) is 6.45. The third kappa shape index (κ3) is 4.99. The summed E-state index contributed by atoms with van der Waals surface area (Å²) in [6.07, 6.45) is 9.64. The van der Waals surface area contributed by atoms with Crippen molar-refractivity contribution in [1.82, 2.24) is 4.90 Å². The van der Waals surface area contributed by atoms with Gasteiger partial charge in [0.15, 0.2) is 4.90 Å². The van der Waals surface area contributed by atoms with Crippen LogP contribution in [-0.4, -0.2) is 63.2 Å². The molecule has 0 N–H and O–H groups in total. The molecule has 2 fully saturated rings. The molecule has 28 heavy (non-hydrogen) atoms. The van der Waals surface area contributed by atoms with Gasteiger partial charge >= 0.3 is 0 Å². The van der Waals surface area contributed by atoms with Gasteiger partial charge in [-0.2, -0.15) is 0 Å². The van der Waals surface area contributed by atoms with E-state index in [9.17, 15) is 0 Å². The quantitative estimate of drug-likeness (QED) is 0.731. The molecular weight excluding hydrogens is 370 g/mol. The average molecular weight is 401 g/mol. The number of hydrogen-bond donors (Lipinski definition) is 0. The Labute approximate surface area is 173 Å². The molecule has 3 aliphatic rings. The van der Waals surface area contributed by atoms with Crippen LogP contribution in [0.1, 0.15) is 19.3 Å². The van der Waals surface area contributed by atoms with Gasteiger partial charge in [-0.3, -0.25) is 0 Å². The second-order valence-electron chi connectivity index (χ2n) is 7.38. The smallest absolute Gasteiger partial charge is 0.178 e. The molecule has 0 bridgehead atoms. The first-order chi connectivity index (χ1) is 13.8. The summed E-state index contributed by atoms with van der Waals surface area (Å²) < 4.78 is 11.1. The van der Waals surface area contributed by atoms with Crippen molar-refractivity contribution in [3.8, 4) is 0 Å². The van der Waals surface area contributed by atoms with Crippen molar-refractivity contribution in [1.29, 1.82) is 0 Å². The molecular formula is C22H30N3O2S+. The van der Waals surface area contributed by atoms with Crippen LogP contribution in [0.4, 0.5) is 11.4 Å². The van der Waals surface area contributed by atoms with Crippen LogP contribution in [0.25, 0.3) is 0 Å². The Morgan fingerprint density at radius 3 is 2.32 bits per heavy atom. The maximum atomic E-state index is 5.56. The van der Waals surface area contributed by atoms with E-state index in [1.165, 1.54) is 11.4 Å². The second kappa shape index (κ2) is 9.63. The minimum atomic E-state index is 0.795. The van der Waals surface area contributed by atoms with Gasteiger partial charge in [0.2, 0.25) is 0 Å². The zero-order valence-corrected chi connectivity index (χ0v) is 17.4. The largest absolute Gasteiger partial charge is 0.380 e. The summed E-state index contributed by atoms with van der Waals surface area (Å²) in [5.74, 6) is 0. The molecule has 0 radical (unpaired) electrons. The lowest BCUT2D eigenvalue weighted by atomic mass is 10.1. The number of nitrogens with zero attached hydrogens (tertiary/aromatic N) is 3. The fourth-order valence-electron chi connectivity index (χ4n) is 3.83. The molecule has 150 valence electrons. The van der Waals surface area contributed by atoms with Gasteiger partial charge in [0.05, 0.1) is 13.2 Å². The highest BCUT2D eigenvalue weighted by atomic mass is 32.1. The molecule has 0 amide bonds. The molecule has 0 unspecified atom stereocenters. The summed E-state index contributed by atoms with van der Waals surface area (Å²) >= 11 is 3.77. The number of rotatable bonds is 3. The lowest BCUT2D eigenvalue weighted by Crippen LogP contribution is -2.26. The van der Waals surface area contributed by atoms with Crippen LogP contribution in [0.3, 0.4) is 0 Å². The van der Waals surface area contributed by atoms with Crippen LogP contribution in [0.15, 0.2) is 52.0 Å². The van der Waals surface area contributed by atoms with Crippen molar-refractivity contribution in [3.63, 3.8) is 0 Å².